The third kappa shape index (κ3) is 5.42. The summed E-state index contributed by atoms with van der Waals surface area (Å²) in [5.41, 5.74) is 1.15. The van der Waals surface area contributed by atoms with Gasteiger partial charge in [0.2, 0.25) is 11.8 Å². The minimum atomic E-state index is -0.340. The molecule has 1 aliphatic heterocycles. The topological polar surface area (TPSA) is 94.9 Å². The number of furan rings is 1. The maximum absolute atomic E-state index is 12.2. The molecular weight excluding hydrogens is 348 g/mol. The summed E-state index contributed by atoms with van der Waals surface area (Å²) in [4.78, 5) is 39.9. The predicted octanol–water partition coefficient (Wildman–Crippen LogP) is 0.792. The maximum Gasteiger partial charge on any atom is 0.254 e. The van der Waals surface area contributed by atoms with Gasteiger partial charge in [0.05, 0.1) is 24.9 Å². The summed E-state index contributed by atoms with van der Waals surface area (Å²) in [5.74, 6) is -0.554. The van der Waals surface area contributed by atoms with Gasteiger partial charge in [0.25, 0.3) is 5.91 Å². The van der Waals surface area contributed by atoms with Crippen molar-refractivity contribution < 1.29 is 18.8 Å². The third-order valence-electron chi connectivity index (χ3n) is 4.33. The Labute approximate surface area is 157 Å². The Hall–Kier alpha value is -3.13. The fourth-order valence-electron chi connectivity index (χ4n) is 2.84. The van der Waals surface area contributed by atoms with Crippen molar-refractivity contribution in [2.45, 2.75) is 0 Å². The van der Waals surface area contributed by atoms with Crippen molar-refractivity contribution in [3.63, 3.8) is 0 Å². The zero-order valence-electron chi connectivity index (χ0n) is 14.9. The van der Waals surface area contributed by atoms with Crippen molar-refractivity contribution in [2.24, 2.45) is 0 Å². The van der Waals surface area contributed by atoms with Crippen molar-refractivity contribution in [3.8, 4) is 0 Å². The van der Waals surface area contributed by atoms with Crippen molar-refractivity contribution in [2.75, 3.05) is 44.6 Å². The Balaban J connectivity index is 1.37. The van der Waals surface area contributed by atoms with E-state index >= 15 is 0 Å². The smallest absolute Gasteiger partial charge is 0.254 e. The van der Waals surface area contributed by atoms with E-state index in [1.165, 1.54) is 12.5 Å². The predicted molar refractivity (Wildman–Crippen MR) is 99.1 cm³/mol. The molecule has 142 valence electrons. The molecule has 0 bridgehead atoms. The lowest BCUT2D eigenvalue weighted by Crippen LogP contribution is -2.52. The van der Waals surface area contributed by atoms with Crippen molar-refractivity contribution in [1.29, 1.82) is 0 Å². The van der Waals surface area contributed by atoms with Crippen molar-refractivity contribution >= 4 is 23.4 Å². The van der Waals surface area contributed by atoms with Crippen LogP contribution in [0.3, 0.4) is 0 Å². The van der Waals surface area contributed by atoms with E-state index in [9.17, 15) is 14.4 Å². The first-order valence-corrected chi connectivity index (χ1v) is 8.77. The Kier molecular flexibility index (Phi) is 6.22. The van der Waals surface area contributed by atoms with E-state index in [1.54, 1.807) is 11.0 Å². The molecule has 0 saturated carbocycles. The van der Waals surface area contributed by atoms with Crippen LogP contribution in [0.1, 0.15) is 10.4 Å². The number of anilines is 1. The molecule has 8 nitrogen and oxygen atoms in total. The summed E-state index contributed by atoms with van der Waals surface area (Å²) in [7, 11) is 0. The fourth-order valence-corrected chi connectivity index (χ4v) is 2.84. The van der Waals surface area contributed by atoms with Crippen LogP contribution in [-0.4, -0.2) is 66.8 Å². The lowest BCUT2D eigenvalue weighted by molar-refractivity contribution is -0.132. The van der Waals surface area contributed by atoms with E-state index < -0.39 is 0 Å². The molecule has 0 spiro atoms. The third-order valence-corrected chi connectivity index (χ3v) is 4.33. The number of para-hydroxylation sites is 1. The molecule has 1 fully saturated rings. The zero-order chi connectivity index (χ0) is 19.1. The lowest BCUT2D eigenvalue weighted by Gasteiger charge is -2.34. The molecule has 2 aromatic rings. The van der Waals surface area contributed by atoms with Crippen LogP contribution in [0.4, 0.5) is 5.69 Å². The summed E-state index contributed by atoms with van der Waals surface area (Å²) >= 11 is 0. The van der Waals surface area contributed by atoms with Crippen LogP contribution in [0.5, 0.6) is 0 Å². The van der Waals surface area contributed by atoms with E-state index in [4.69, 9.17) is 4.42 Å². The van der Waals surface area contributed by atoms with Crippen LogP contribution >= 0.6 is 0 Å². The standard InChI is InChI=1S/C19H22N4O4/c24-17(21-16-4-2-1-3-5-16)13-22-7-9-23(10-8-22)18(25)12-20-19(26)15-6-11-27-14-15/h1-6,11,14H,7-10,12-13H2,(H,20,26)(H,21,24). The largest absolute Gasteiger partial charge is 0.472 e. The second kappa shape index (κ2) is 9.00. The highest BCUT2D eigenvalue weighted by Gasteiger charge is 2.22. The summed E-state index contributed by atoms with van der Waals surface area (Å²) in [5, 5.41) is 5.44. The number of benzene rings is 1. The van der Waals surface area contributed by atoms with Crippen LogP contribution in [0, 0.1) is 0 Å². The fraction of sp³-hybridized carbons (Fsp3) is 0.316. The van der Waals surface area contributed by atoms with Gasteiger partial charge in [0.15, 0.2) is 0 Å². The SMILES string of the molecule is O=C(CN1CCN(C(=O)CNC(=O)c2ccoc2)CC1)Nc1ccccc1. The highest BCUT2D eigenvalue weighted by Crippen LogP contribution is 2.07. The first-order chi connectivity index (χ1) is 13.1. The number of nitrogens with one attached hydrogen (secondary N) is 2. The van der Waals surface area contributed by atoms with Gasteiger partial charge in [-0.2, -0.15) is 0 Å². The monoisotopic (exact) mass is 370 g/mol. The molecule has 0 atom stereocenters. The summed E-state index contributed by atoms with van der Waals surface area (Å²) in [6.45, 7) is 2.51. The molecular formula is C19H22N4O4. The van der Waals surface area contributed by atoms with Gasteiger partial charge in [-0.1, -0.05) is 18.2 Å². The van der Waals surface area contributed by atoms with Crippen LogP contribution in [0.15, 0.2) is 53.3 Å². The molecule has 0 aliphatic carbocycles. The highest BCUT2D eigenvalue weighted by molar-refractivity contribution is 5.96. The van der Waals surface area contributed by atoms with Gasteiger partial charge < -0.3 is 20.0 Å². The average molecular weight is 370 g/mol. The van der Waals surface area contributed by atoms with Gasteiger partial charge in [0.1, 0.15) is 6.26 Å². The molecule has 27 heavy (non-hydrogen) atoms. The van der Waals surface area contributed by atoms with E-state index in [1.807, 2.05) is 35.2 Å². The molecule has 0 unspecified atom stereocenters. The first kappa shape index (κ1) is 18.7. The van der Waals surface area contributed by atoms with Crippen molar-refractivity contribution in [1.82, 2.24) is 15.1 Å². The molecule has 1 aromatic carbocycles. The number of amides is 3. The van der Waals surface area contributed by atoms with Gasteiger partial charge in [-0.3, -0.25) is 19.3 Å². The molecule has 3 amide bonds. The van der Waals surface area contributed by atoms with Gasteiger partial charge in [0, 0.05) is 31.9 Å². The Morgan fingerprint density at radius 3 is 2.41 bits per heavy atom. The molecule has 1 aliphatic rings. The number of carbonyl (C=O) groups is 3. The number of nitrogens with zero attached hydrogens (tertiary/aromatic N) is 2. The Morgan fingerprint density at radius 2 is 1.74 bits per heavy atom. The molecule has 2 N–H and O–H groups in total. The van der Waals surface area contributed by atoms with E-state index in [0.29, 0.717) is 31.7 Å². The number of hydrogen-bond acceptors (Lipinski definition) is 5. The molecule has 3 rings (SSSR count). The average Bonchev–Trinajstić information content (AvgIpc) is 3.22. The second-order valence-corrected chi connectivity index (χ2v) is 6.27. The summed E-state index contributed by atoms with van der Waals surface area (Å²) in [6.07, 6.45) is 2.74. The van der Waals surface area contributed by atoms with E-state index in [2.05, 4.69) is 10.6 Å². The van der Waals surface area contributed by atoms with Gasteiger partial charge in [-0.05, 0) is 18.2 Å². The van der Waals surface area contributed by atoms with Gasteiger partial charge in [-0.25, -0.2) is 0 Å². The minimum absolute atomic E-state index is 0.0570. The normalized spacial score (nSPS) is 14.6. The molecule has 8 heteroatoms. The van der Waals surface area contributed by atoms with Gasteiger partial charge in [-0.15, -0.1) is 0 Å². The van der Waals surface area contributed by atoms with Gasteiger partial charge >= 0.3 is 0 Å². The Morgan fingerprint density at radius 1 is 1.00 bits per heavy atom. The summed E-state index contributed by atoms with van der Waals surface area (Å²) in [6, 6.07) is 10.8. The summed E-state index contributed by atoms with van der Waals surface area (Å²) < 4.78 is 4.85. The van der Waals surface area contributed by atoms with Crippen LogP contribution in [0.2, 0.25) is 0 Å². The molecule has 1 saturated heterocycles. The quantitative estimate of drug-likeness (QED) is 0.784. The highest BCUT2D eigenvalue weighted by atomic mass is 16.3. The number of carbonyl (C=O) groups excluding carboxylic acids is 3. The lowest BCUT2D eigenvalue weighted by atomic mass is 10.3. The molecule has 1 aromatic heterocycles. The van der Waals surface area contributed by atoms with Crippen LogP contribution in [-0.2, 0) is 9.59 Å². The van der Waals surface area contributed by atoms with Crippen LogP contribution < -0.4 is 10.6 Å². The first-order valence-electron chi connectivity index (χ1n) is 8.77. The molecule has 2 heterocycles. The Bertz CT molecular complexity index is 768. The number of rotatable bonds is 6. The number of hydrogen-bond donors (Lipinski definition) is 2. The molecule has 0 radical (unpaired) electrons. The number of piperazine rings is 1. The minimum Gasteiger partial charge on any atom is -0.472 e. The second-order valence-electron chi connectivity index (χ2n) is 6.27. The zero-order valence-corrected chi connectivity index (χ0v) is 14.9. The van der Waals surface area contributed by atoms with Crippen molar-refractivity contribution in [3.05, 3.63) is 54.5 Å². The van der Waals surface area contributed by atoms with Crippen LogP contribution in [0.25, 0.3) is 0 Å². The van der Waals surface area contributed by atoms with E-state index in [-0.39, 0.29) is 30.8 Å². The maximum atomic E-state index is 12.2. The van der Waals surface area contributed by atoms with E-state index in [0.717, 1.165) is 5.69 Å².